The molecule has 0 saturated carbocycles. The van der Waals surface area contributed by atoms with Crippen molar-refractivity contribution < 1.29 is 9.59 Å². The predicted molar refractivity (Wildman–Crippen MR) is 112 cm³/mol. The fourth-order valence-corrected chi connectivity index (χ4v) is 2.65. The van der Waals surface area contributed by atoms with Crippen LogP contribution in [0.2, 0.25) is 0 Å². The summed E-state index contributed by atoms with van der Waals surface area (Å²) in [4.78, 5) is 33.0. The number of anilines is 1. The molecule has 0 radical (unpaired) electrons. The number of hydrogen-bond donors (Lipinski definition) is 3. The summed E-state index contributed by atoms with van der Waals surface area (Å²) in [5.41, 5.74) is 9.45. The van der Waals surface area contributed by atoms with E-state index < -0.39 is 0 Å². The molecule has 3 rings (SSSR count). The standard InChI is InChI=1S/C22H23N5O2/c1-14(2)26-22(29)20-5-3-4-19(27-20)21(28)25-13-15-6-11-18(24-12-15)16-7-9-17(23)10-8-16/h3-12,14H,13,23H2,1-2H3,(H,25,28)(H,26,29). The van der Waals surface area contributed by atoms with E-state index in [-0.39, 0.29) is 29.2 Å². The second-order valence-electron chi connectivity index (χ2n) is 6.89. The van der Waals surface area contributed by atoms with Gasteiger partial charge in [0.15, 0.2) is 0 Å². The summed E-state index contributed by atoms with van der Waals surface area (Å²) in [5.74, 6) is -0.663. The van der Waals surface area contributed by atoms with E-state index in [4.69, 9.17) is 5.73 Å². The van der Waals surface area contributed by atoms with Crippen molar-refractivity contribution >= 4 is 17.5 Å². The normalized spacial score (nSPS) is 10.6. The first-order chi connectivity index (χ1) is 13.9. The number of rotatable bonds is 6. The molecule has 1 aromatic carbocycles. The molecule has 0 fully saturated rings. The topological polar surface area (TPSA) is 110 Å². The van der Waals surface area contributed by atoms with Gasteiger partial charge in [-0.3, -0.25) is 14.6 Å². The maximum absolute atomic E-state index is 12.4. The number of benzene rings is 1. The number of nitrogen functional groups attached to an aromatic ring is 1. The fraction of sp³-hybridized carbons (Fsp3) is 0.182. The Morgan fingerprint density at radius 3 is 2.28 bits per heavy atom. The minimum absolute atomic E-state index is 0.00880. The average molecular weight is 389 g/mol. The van der Waals surface area contributed by atoms with Crippen molar-refractivity contribution in [1.82, 2.24) is 20.6 Å². The lowest BCUT2D eigenvalue weighted by atomic mass is 10.1. The molecule has 29 heavy (non-hydrogen) atoms. The van der Waals surface area contributed by atoms with Gasteiger partial charge in [0.25, 0.3) is 11.8 Å². The zero-order chi connectivity index (χ0) is 20.8. The van der Waals surface area contributed by atoms with Gasteiger partial charge >= 0.3 is 0 Å². The molecule has 3 aromatic rings. The quantitative estimate of drug-likeness (QED) is 0.562. The van der Waals surface area contributed by atoms with E-state index in [2.05, 4.69) is 20.6 Å². The second-order valence-corrected chi connectivity index (χ2v) is 6.89. The Labute approximate surface area is 169 Å². The van der Waals surface area contributed by atoms with Crippen molar-refractivity contribution in [3.63, 3.8) is 0 Å². The Morgan fingerprint density at radius 1 is 0.966 bits per heavy atom. The Hall–Kier alpha value is -3.74. The monoisotopic (exact) mass is 389 g/mol. The Bertz CT molecular complexity index is 998. The number of nitrogens with two attached hydrogens (primary N) is 1. The van der Waals surface area contributed by atoms with E-state index in [1.165, 1.54) is 0 Å². The molecule has 7 heteroatoms. The Balaban J connectivity index is 1.62. The van der Waals surface area contributed by atoms with Gasteiger partial charge in [-0.1, -0.05) is 24.3 Å². The molecule has 2 amide bonds. The lowest BCUT2D eigenvalue weighted by Crippen LogP contribution is -2.31. The first kappa shape index (κ1) is 20.0. The van der Waals surface area contributed by atoms with Crippen molar-refractivity contribution in [2.45, 2.75) is 26.4 Å². The third-order valence-corrected chi connectivity index (χ3v) is 4.12. The zero-order valence-corrected chi connectivity index (χ0v) is 16.3. The molecule has 0 aliphatic heterocycles. The van der Waals surface area contributed by atoms with Crippen LogP contribution in [0.25, 0.3) is 11.3 Å². The van der Waals surface area contributed by atoms with Gasteiger partial charge in [0.05, 0.1) is 5.69 Å². The molecule has 2 aromatic heterocycles. The van der Waals surface area contributed by atoms with Crippen LogP contribution in [0.1, 0.15) is 40.4 Å². The number of aromatic nitrogens is 2. The second kappa shape index (κ2) is 8.97. The van der Waals surface area contributed by atoms with Crippen molar-refractivity contribution in [2.24, 2.45) is 0 Å². The van der Waals surface area contributed by atoms with Crippen LogP contribution in [-0.2, 0) is 6.54 Å². The van der Waals surface area contributed by atoms with Crippen molar-refractivity contribution in [2.75, 3.05) is 5.73 Å². The Kier molecular flexibility index (Phi) is 6.19. The number of nitrogens with zero attached hydrogens (tertiary/aromatic N) is 2. The molecule has 0 unspecified atom stereocenters. The molecule has 2 heterocycles. The molecule has 0 aliphatic carbocycles. The summed E-state index contributed by atoms with van der Waals surface area (Å²) in [5, 5.41) is 5.56. The number of carbonyl (C=O) groups is 2. The molecule has 0 aliphatic rings. The van der Waals surface area contributed by atoms with Crippen LogP contribution in [0.15, 0.2) is 60.8 Å². The van der Waals surface area contributed by atoms with Crippen molar-refractivity contribution in [3.05, 3.63) is 77.7 Å². The maximum atomic E-state index is 12.4. The summed E-state index contributed by atoms with van der Waals surface area (Å²) in [6.07, 6.45) is 1.71. The van der Waals surface area contributed by atoms with Gasteiger partial charge < -0.3 is 16.4 Å². The van der Waals surface area contributed by atoms with Gasteiger partial charge in [-0.15, -0.1) is 0 Å². The number of nitrogens with one attached hydrogen (secondary N) is 2. The van der Waals surface area contributed by atoms with Crippen LogP contribution < -0.4 is 16.4 Å². The summed E-state index contributed by atoms with van der Waals surface area (Å²) in [6.45, 7) is 4.03. The highest BCUT2D eigenvalue weighted by molar-refractivity contribution is 5.96. The Morgan fingerprint density at radius 2 is 1.66 bits per heavy atom. The molecule has 0 saturated heterocycles. The highest BCUT2D eigenvalue weighted by atomic mass is 16.2. The summed E-state index contributed by atoms with van der Waals surface area (Å²) in [7, 11) is 0. The third kappa shape index (κ3) is 5.38. The van der Waals surface area contributed by atoms with Gasteiger partial charge in [0.2, 0.25) is 0 Å². The van der Waals surface area contributed by atoms with E-state index in [0.29, 0.717) is 12.2 Å². The molecule has 0 atom stereocenters. The lowest BCUT2D eigenvalue weighted by Gasteiger charge is -2.09. The van der Waals surface area contributed by atoms with E-state index in [1.54, 1.807) is 24.4 Å². The first-order valence-corrected chi connectivity index (χ1v) is 9.29. The van der Waals surface area contributed by atoms with Gasteiger partial charge in [-0.25, -0.2) is 4.98 Å². The number of amides is 2. The van der Waals surface area contributed by atoms with Gasteiger partial charge in [0, 0.05) is 30.0 Å². The third-order valence-electron chi connectivity index (χ3n) is 4.12. The minimum Gasteiger partial charge on any atom is -0.399 e. The highest BCUT2D eigenvalue weighted by Crippen LogP contribution is 2.18. The summed E-state index contributed by atoms with van der Waals surface area (Å²) in [6, 6.07) is 16.0. The molecular weight excluding hydrogens is 366 g/mol. The largest absolute Gasteiger partial charge is 0.399 e. The van der Waals surface area contributed by atoms with Crippen LogP contribution in [-0.4, -0.2) is 27.8 Å². The van der Waals surface area contributed by atoms with E-state index in [1.807, 2.05) is 50.2 Å². The number of hydrogen-bond acceptors (Lipinski definition) is 5. The maximum Gasteiger partial charge on any atom is 0.270 e. The molecule has 7 nitrogen and oxygen atoms in total. The van der Waals surface area contributed by atoms with Crippen LogP contribution in [0.3, 0.4) is 0 Å². The first-order valence-electron chi connectivity index (χ1n) is 9.29. The van der Waals surface area contributed by atoms with Crippen molar-refractivity contribution in [1.29, 1.82) is 0 Å². The van der Waals surface area contributed by atoms with E-state index in [0.717, 1.165) is 16.8 Å². The van der Waals surface area contributed by atoms with E-state index >= 15 is 0 Å². The smallest absolute Gasteiger partial charge is 0.270 e. The number of carbonyl (C=O) groups excluding carboxylic acids is 2. The molecular formula is C22H23N5O2. The van der Waals surface area contributed by atoms with Gasteiger partial charge in [-0.05, 0) is 49.7 Å². The van der Waals surface area contributed by atoms with E-state index in [9.17, 15) is 9.59 Å². The number of pyridine rings is 2. The van der Waals surface area contributed by atoms with Crippen LogP contribution in [0.5, 0.6) is 0 Å². The fourth-order valence-electron chi connectivity index (χ4n) is 2.65. The predicted octanol–water partition coefficient (Wildman–Crippen LogP) is 2.79. The van der Waals surface area contributed by atoms with Gasteiger partial charge in [-0.2, -0.15) is 0 Å². The SMILES string of the molecule is CC(C)NC(=O)c1cccc(C(=O)NCc2ccc(-c3ccc(N)cc3)nc2)n1. The molecule has 0 spiro atoms. The van der Waals surface area contributed by atoms with Crippen molar-refractivity contribution in [3.8, 4) is 11.3 Å². The van der Waals surface area contributed by atoms with Crippen LogP contribution in [0, 0.1) is 0 Å². The molecule has 0 bridgehead atoms. The summed E-state index contributed by atoms with van der Waals surface area (Å²) >= 11 is 0. The molecule has 4 N–H and O–H groups in total. The van der Waals surface area contributed by atoms with Crippen LogP contribution in [0.4, 0.5) is 5.69 Å². The van der Waals surface area contributed by atoms with Gasteiger partial charge in [0.1, 0.15) is 11.4 Å². The van der Waals surface area contributed by atoms with Crippen LogP contribution >= 0.6 is 0 Å². The average Bonchev–Trinajstić information content (AvgIpc) is 2.72. The zero-order valence-electron chi connectivity index (χ0n) is 16.3. The lowest BCUT2D eigenvalue weighted by molar-refractivity contribution is 0.0936. The highest BCUT2D eigenvalue weighted by Gasteiger charge is 2.13. The minimum atomic E-state index is -0.355. The molecule has 148 valence electrons. The summed E-state index contributed by atoms with van der Waals surface area (Å²) < 4.78 is 0.